The SMILES string of the molecule is C[Si](C)(C)Nc1ccccn1.[CH3][AlH][CH3]. The molecule has 1 aromatic heterocycles. The lowest BCUT2D eigenvalue weighted by atomic mass is 10.5. The second kappa shape index (κ2) is 7.05. The third-order valence-electron chi connectivity index (χ3n) is 1.17. The van der Waals surface area contributed by atoms with Crippen molar-refractivity contribution >= 4 is 29.3 Å². The number of nitrogens with one attached hydrogen (secondary N) is 1. The quantitative estimate of drug-likeness (QED) is 0.781. The normalized spacial score (nSPS) is 9.79. The number of hydrogen-bond acceptors (Lipinski definition) is 2. The van der Waals surface area contributed by atoms with Crippen LogP contribution in [-0.4, -0.2) is 28.4 Å². The van der Waals surface area contributed by atoms with Gasteiger partial charge in [-0.15, -0.1) is 11.6 Å². The molecule has 78 valence electrons. The summed E-state index contributed by atoms with van der Waals surface area (Å²) < 4.78 is 0. The number of anilines is 1. The molecule has 4 heteroatoms. The van der Waals surface area contributed by atoms with Gasteiger partial charge in [-0.25, -0.2) is 4.98 Å². The largest absolute Gasteiger partial charge is 0.396 e. The van der Waals surface area contributed by atoms with E-state index in [1.54, 1.807) is 0 Å². The average molecular weight is 224 g/mol. The van der Waals surface area contributed by atoms with E-state index in [4.69, 9.17) is 0 Å². The van der Waals surface area contributed by atoms with Crippen LogP contribution in [0.3, 0.4) is 0 Å². The second-order valence-electron chi connectivity index (χ2n) is 4.30. The lowest BCUT2D eigenvalue weighted by Crippen LogP contribution is -2.32. The highest BCUT2D eigenvalue weighted by Crippen LogP contribution is 2.07. The van der Waals surface area contributed by atoms with Gasteiger partial charge in [-0.1, -0.05) is 25.7 Å². The average Bonchev–Trinajstić information content (AvgIpc) is 2.04. The minimum Gasteiger partial charge on any atom is -0.396 e. The standard InChI is InChI=1S/C8H14N2Si.2CH3.Al.H/c1-11(2,3)10-8-6-4-5-7-9-8;;;;/h4-7H,1-3H3,(H,9,10);2*1H3;;. The van der Waals surface area contributed by atoms with Crippen LogP contribution in [0.5, 0.6) is 0 Å². The highest BCUT2D eigenvalue weighted by molar-refractivity contribution is 6.79. The van der Waals surface area contributed by atoms with Crippen molar-refractivity contribution in [1.82, 2.24) is 4.98 Å². The van der Waals surface area contributed by atoms with Crippen LogP contribution >= 0.6 is 0 Å². The molecule has 0 saturated heterocycles. The number of nitrogens with zero attached hydrogens (tertiary/aromatic N) is 1. The van der Waals surface area contributed by atoms with Gasteiger partial charge in [-0.3, -0.25) is 0 Å². The molecule has 0 spiro atoms. The van der Waals surface area contributed by atoms with Crippen LogP contribution in [0.25, 0.3) is 0 Å². The molecule has 0 aromatic carbocycles. The maximum Gasteiger partial charge on any atom is 0.229 e. The lowest BCUT2D eigenvalue weighted by Gasteiger charge is -2.18. The number of hydrogen-bond donors (Lipinski definition) is 1. The minimum atomic E-state index is -1.21. The summed E-state index contributed by atoms with van der Waals surface area (Å²) >= 11 is 0.417. The third kappa shape index (κ3) is 8.30. The first kappa shape index (κ1) is 13.7. The van der Waals surface area contributed by atoms with Gasteiger partial charge in [0.2, 0.25) is 15.2 Å². The lowest BCUT2D eigenvalue weighted by molar-refractivity contribution is 1.32. The first-order valence-electron chi connectivity index (χ1n) is 5.18. The summed E-state index contributed by atoms with van der Waals surface area (Å²) in [5.74, 6) is 5.52. The Morgan fingerprint density at radius 2 is 1.79 bits per heavy atom. The van der Waals surface area contributed by atoms with Crippen LogP contribution in [0.2, 0.25) is 31.2 Å². The van der Waals surface area contributed by atoms with E-state index >= 15 is 0 Å². The van der Waals surface area contributed by atoms with Crippen LogP contribution < -0.4 is 4.98 Å². The molecule has 2 nitrogen and oxygen atoms in total. The van der Waals surface area contributed by atoms with Crippen molar-refractivity contribution in [2.75, 3.05) is 4.98 Å². The zero-order valence-electron chi connectivity index (χ0n) is 9.96. The third-order valence-corrected chi connectivity index (χ3v) is 2.17. The van der Waals surface area contributed by atoms with Crippen molar-refractivity contribution in [3.63, 3.8) is 0 Å². The Hall–Kier alpha value is -0.301. The summed E-state index contributed by atoms with van der Waals surface area (Å²) in [5, 5.41) is 0. The first-order valence-corrected chi connectivity index (χ1v) is 11.5. The minimum absolute atomic E-state index is 0.417. The molecular formula is C10H21AlN2Si. The van der Waals surface area contributed by atoms with Crippen molar-refractivity contribution in [3.05, 3.63) is 24.4 Å². The maximum absolute atomic E-state index is 4.19. The summed E-state index contributed by atoms with van der Waals surface area (Å²) in [6.45, 7) is 6.76. The van der Waals surface area contributed by atoms with Crippen molar-refractivity contribution in [1.29, 1.82) is 0 Å². The molecule has 0 amide bonds. The van der Waals surface area contributed by atoms with Crippen LogP contribution in [0.4, 0.5) is 5.82 Å². The van der Waals surface area contributed by atoms with E-state index in [0.717, 1.165) is 5.82 Å². The fraction of sp³-hybridized carbons (Fsp3) is 0.500. The summed E-state index contributed by atoms with van der Waals surface area (Å²) in [6, 6.07) is 5.92. The molecule has 0 aliphatic rings. The highest BCUT2D eigenvalue weighted by atomic mass is 28.3. The molecule has 0 fully saturated rings. The topological polar surface area (TPSA) is 24.9 Å². The Bertz CT molecular complexity index is 234. The fourth-order valence-corrected chi connectivity index (χ4v) is 1.74. The Balaban J connectivity index is 0.000000500. The predicted molar refractivity (Wildman–Crippen MR) is 70.1 cm³/mol. The zero-order chi connectivity index (χ0) is 11.0. The van der Waals surface area contributed by atoms with Gasteiger partial charge < -0.3 is 4.98 Å². The zero-order valence-corrected chi connectivity index (χ0v) is 12.4. The Labute approximate surface area is 94.9 Å². The molecule has 0 bridgehead atoms. The molecule has 1 heterocycles. The summed E-state index contributed by atoms with van der Waals surface area (Å²) in [4.78, 5) is 7.60. The van der Waals surface area contributed by atoms with Gasteiger partial charge in [-0.2, -0.15) is 0 Å². The van der Waals surface area contributed by atoms with Gasteiger partial charge in [-0.05, 0) is 12.1 Å². The maximum atomic E-state index is 4.19. The van der Waals surface area contributed by atoms with Crippen LogP contribution in [0.1, 0.15) is 0 Å². The van der Waals surface area contributed by atoms with Crippen molar-refractivity contribution < 1.29 is 0 Å². The smallest absolute Gasteiger partial charge is 0.229 e. The fourth-order valence-electron chi connectivity index (χ4n) is 0.821. The number of pyridine rings is 1. The molecule has 0 aliphatic carbocycles. The Morgan fingerprint density at radius 3 is 2.14 bits per heavy atom. The molecule has 1 N–H and O–H groups in total. The molecule has 0 saturated carbocycles. The van der Waals surface area contributed by atoms with Crippen LogP contribution in [0.15, 0.2) is 24.4 Å². The molecule has 1 rings (SSSR count). The molecule has 1 aromatic rings. The molecule has 0 aliphatic heterocycles. The van der Waals surface area contributed by atoms with E-state index < -0.39 is 8.24 Å². The van der Waals surface area contributed by atoms with E-state index in [0.29, 0.717) is 15.2 Å². The molecular weight excluding hydrogens is 203 g/mol. The summed E-state index contributed by atoms with van der Waals surface area (Å²) in [5.41, 5.74) is 0. The van der Waals surface area contributed by atoms with Gasteiger partial charge in [0.25, 0.3) is 0 Å². The summed E-state index contributed by atoms with van der Waals surface area (Å²) in [7, 11) is -1.21. The van der Waals surface area contributed by atoms with Gasteiger partial charge in [0.1, 0.15) is 14.1 Å². The Kier molecular flexibility index (Phi) is 6.90. The van der Waals surface area contributed by atoms with Gasteiger partial charge in [0, 0.05) is 6.20 Å². The van der Waals surface area contributed by atoms with E-state index in [1.165, 1.54) is 0 Å². The van der Waals surface area contributed by atoms with E-state index in [2.05, 4.69) is 41.2 Å². The predicted octanol–water partition coefficient (Wildman–Crippen LogP) is 2.85. The van der Waals surface area contributed by atoms with E-state index in [1.807, 2.05) is 24.4 Å². The molecule has 14 heavy (non-hydrogen) atoms. The molecule has 0 radical (unpaired) electrons. The van der Waals surface area contributed by atoms with Crippen molar-refractivity contribution in [2.24, 2.45) is 0 Å². The van der Waals surface area contributed by atoms with Gasteiger partial charge in [0.15, 0.2) is 0 Å². The van der Waals surface area contributed by atoms with Crippen LogP contribution in [0, 0.1) is 0 Å². The molecule has 0 unspecified atom stereocenters. The summed E-state index contributed by atoms with van der Waals surface area (Å²) in [6.07, 6.45) is 1.81. The number of rotatable bonds is 2. The monoisotopic (exact) mass is 224 g/mol. The second-order valence-corrected chi connectivity index (χ2v) is 10.5. The highest BCUT2D eigenvalue weighted by Gasteiger charge is 2.12. The first-order chi connectivity index (χ1) is 6.49. The van der Waals surface area contributed by atoms with Gasteiger partial charge >= 0.3 is 0 Å². The van der Waals surface area contributed by atoms with Crippen molar-refractivity contribution in [2.45, 2.75) is 31.2 Å². The van der Waals surface area contributed by atoms with Crippen molar-refractivity contribution in [3.8, 4) is 0 Å². The van der Waals surface area contributed by atoms with Gasteiger partial charge in [0.05, 0.1) is 0 Å². The Morgan fingerprint density at radius 1 is 1.21 bits per heavy atom. The van der Waals surface area contributed by atoms with Crippen LogP contribution in [-0.2, 0) is 0 Å². The van der Waals surface area contributed by atoms with E-state index in [-0.39, 0.29) is 0 Å². The number of aromatic nitrogens is 1. The van der Waals surface area contributed by atoms with E-state index in [9.17, 15) is 0 Å². The molecule has 0 atom stereocenters.